The van der Waals surface area contributed by atoms with Gasteiger partial charge >= 0.3 is 5.97 Å². The standard InChI is InChI=1S/C14H14O4/c1-8(15)14(9(2)16)11-7-13(17)18-12-6-4-3-5-10(11)12/h3-6,11,14H,7H2,1-2H3. The van der Waals surface area contributed by atoms with Crippen molar-refractivity contribution in [2.24, 2.45) is 5.92 Å². The molecule has 18 heavy (non-hydrogen) atoms. The number of ketones is 2. The Morgan fingerprint density at radius 2 is 1.83 bits per heavy atom. The van der Waals surface area contributed by atoms with Crippen molar-refractivity contribution in [2.75, 3.05) is 0 Å². The van der Waals surface area contributed by atoms with Crippen LogP contribution in [0.4, 0.5) is 0 Å². The molecule has 1 aromatic carbocycles. The van der Waals surface area contributed by atoms with E-state index in [9.17, 15) is 14.4 Å². The summed E-state index contributed by atoms with van der Waals surface area (Å²) in [5.74, 6) is -1.54. The molecule has 0 spiro atoms. The van der Waals surface area contributed by atoms with E-state index >= 15 is 0 Å². The second-order valence-electron chi connectivity index (χ2n) is 4.52. The fraction of sp³-hybridized carbons (Fsp3) is 0.357. The topological polar surface area (TPSA) is 60.4 Å². The van der Waals surface area contributed by atoms with Crippen LogP contribution in [0, 0.1) is 5.92 Å². The Morgan fingerprint density at radius 1 is 1.22 bits per heavy atom. The van der Waals surface area contributed by atoms with Gasteiger partial charge in [-0.2, -0.15) is 0 Å². The zero-order chi connectivity index (χ0) is 13.3. The Labute approximate surface area is 105 Å². The Kier molecular flexibility index (Phi) is 3.28. The van der Waals surface area contributed by atoms with Gasteiger partial charge < -0.3 is 4.74 Å². The Hall–Kier alpha value is -1.97. The molecule has 1 unspecified atom stereocenters. The molecule has 2 rings (SSSR count). The smallest absolute Gasteiger partial charge is 0.311 e. The van der Waals surface area contributed by atoms with E-state index in [2.05, 4.69) is 0 Å². The van der Waals surface area contributed by atoms with E-state index in [1.165, 1.54) is 13.8 Å². The molecule has 0 saturated carbocycles. The molecular formula is C14H14O4. The van der Waals surface area contributed by atoms with Crippen molar-refractivity contribution < 1.29 is 19.1 Å². The summed E-state index contributed by atoms with van der Waals surface area (Å²) in [5.41, 5.74) is 0.757. The molecule has 1 aromatic rings. The van der Waals surface area contributed by atoms with Crippen molar-refractivity contribution >= 4 is 17.5 Å². The highest BCUT2D eigenvalue weighted by molar-refractivity contribution is 6.02. The zero-order valence-corrected chi connectivity index (χ0v) is 10.3. The van der Waals surface area contributed by atoms with Crippen LogP contribution in [0.15, 0.2) is 24.3 Å². The lowest BCUT2D eigenvalue weighted by Crippen LogP contribution is -2.32. The molecule has 94 valence electrons. The number of fused-ring (bicyclic) bond motifs is 1. The zero-order valence-electron chi connectivity index (χ0n) is 10.3. The molecule has 4 nitrogen and oxygen atoms in total. The van der Waals surface area contributed by atoms with Crippen LogP contribution < -0.4 is 4.74 Å². The number of para-hydroxylation sites is 1. The van der Waals surface area contributed by atoms with Crippen LogP contribution >= 0.6 is 0 Å². The van der Waals surface area contributed by atoms with Crippen molar-refractivity contribution in [1.82, 2.24) is 0 Å². The predicted molar refractivity (Wildman–Crippen MR) is 64.3 cm³/mol. The van der Waals surface area contributed by atoms with Gasteiger partial charge in [-0.05, 0) is 25.5 Å². The fourth-order valence-electron chi connectivity index (χ4n) is 2.48. The van der Waals surface area contributed by atoms with E-state index < -0.39 is 17.8 Å². The number of carbonyl (C=O) groups is 3. The van der Waals surface area contributed by atoms with Gasteiger partial charge in [0.05, 0.1) is 12.3 Å². The minimum absolute atomic E-state index is 0.0703. The summed E-state index contributed by atoms with van der Waals surface area (Å²) in [4.78, 5) is 34.8. The van der Waals surface area contributed by atoms with Gasteiger partial charge in [0.25, 0.3) is 0 Å². The summed E-state index contributed by atoms with van der Waals surface area (Å²) >= 11 is 0. The average molecular weight is 246 g/mol. The minimum atomic E-state index is -0.765. The maximum absolute atomic E-state index is 11.6. The quantitative estimate of drug-likeness (QED) is 0.464. The third-order valence-electron chi connectivity index (χ3n) is 3.21. The normalized spacial score (nSPS) is 18.2. The third kappa shape index (κ3) is 2.18. The van der Waals surface area contributed by atoms with Crippen LogP contribution in [0.2, 0.25) is 0 Å². The number of Topliss-reactive ketones (excluding diaryl/α,β-unsaturated/α-hetero) is 2. The van der Waals surface area contributed by atoms with Crippen LogP contribution in [0.1, 0.15) is 31.7 Å². The summed E-state index contributed by atoms with van der Waals surface area (Å²) in [6, 6.07) is 7.04. The first-order valence-corrected chi connectivity index (χ1v) is 5.81. The molecule has 0 bridgehead atoms. The van der Waals surface area contributed by atoms with Crippen LogP contribution in [0.25, 0.3) is 0 Å². The van der Waals surface area contributed by atoms with Gasteiger partial charge in [-0.3, -0.25) is 14.4 Å². The SMILES string of the molecule is CC(=O)C(C(C)=O)C1CC(=O)Oc2ccccc21. The highest BCUT2D eigenvalue weighted by Crippen LogP contribution is 2.39. The third-order valence-corrected chi connectivity index (χ3v) is 3.21. The molecule has 0 saturated heterocycles. The number of ether oxygens (including phenoxy) is 1. The molecule has 0 amide bonds. The summed E-state index contributed by atoms with van der Waals surface area (Å²) in [7, 11) is 0. The van der Waals surface area contributed by atoms with Gasteiger partial charge in [0.15, 0.2) is 0 Å². The Bertz CT molecular complexity index is 504. The molecule has 1 aliphatic heterocycles. The lowest BCUT2D eigenvalue weighted by atomic mass is 9.78. The number of esters is 1. The van der Waals surface area contributed by atoms with Crippen LogP contribution in [0.3, 0.4) is 0 Å². The number of rotatable bonds is 3. The second-order valence-corrected chi connectivity index (χ2v) is 4.52. The number of hydrogen-bond donors (Lipinski definition) is 0. The maximum atomic E-state index is 11.6. The minimum Gasteiger partial charge on any atom is -0.426 e. The summed E-state index contributed by atoms with van der Waals surface area (Å²) in [5, 5.41) is 0. The molecule has 1 atom stereocenters. The van der Waals surface area contributed by atoms with E-state index in [-0.39, 0.29) is 18.0 Å². The second kappa shape index (κ2) is 4.72. The lowest BCUT2D eigenvalue weighted by molar-refractivity contribution is -0.137. The first-order valence-electron chi connectivity index (χ1n) is 5.81. The van der Waals surface area contributed by atoms with E-state index in [1.807, 2.05) is 6.07 Å². The molecule has 1 aliphatic rings. The Balaban J connectivity index is 2.47. The van der Waals surface area contributed by atoms with Gasteiger partial charge in [0.2, 0.25) is 0 Å². The van der Waals surface area contributed by atoms with E-state index in [1.54, 1.807) is 18.2 Å². The largest absolute Gasteiger partial charge is 0.426 e. The van der Waals surface area contributed by atoms with E-state index in [4.69, 9.17) is 4.74 Å². The van der Waals surface area contributed by atoms with Crippen molar-refractivity contribution in [3.8, 4) is 5.75 Å². The highest BCUT2D eigenvalue weighted by Gasteiger charge is 2.37. The average Bonchev–Trinajstić information content (AvgIpc) is 2.27. The van der Waals surface area contributed by atoms with Crippen molar-refractivity contribution in [2.45, 2.75) is 26.2 Å². The van der Waals surface area contributed by atoms with Crippen molar-refractivity contribution in [3.05, 3.63) is 29.8 Å². The number of carbonyl (C=O) groups excluding carboxylic acids is 3. The van der Waals surface area contributed by atoms with Gasteiger partial charge in [0, 0.05) is 5.92 Å². The molecule has 0 aromatic heterocycles. The number of benzene rings is 1. The molecule has 0 radical (unpaired) electrons. The lowest BCUT2D eigenvalue weighted by Gasteiger charge is -2.28. The summed E-state index contributed by atoms with van der Waals surface area (Å²) in [6.07, 6.45) is 0.0703. The first kappa shape index (κ1) is 12.5. The fourth-order valence-corrected chi connectivity index (χ4v) is 2.48. The van der Waals surface area contributed by atoms with E-state index in [0.717, 1.165) is 5.56 Å². The molecule has 0 fully saturated rings. The van der Waals surface area contributed by atoms with Crippen LogP contribution in [0.5, 0.6) is 5.75 Å². The highest BCUT2D eigenvalue weighted by atomic mass is 16.5. The van der Waals surface area contributed by atoms with Gasteiger partial charge in [-0.1, -0.05) is 18.2 Å². The molecule has 1 heterocycles. The predicted octanol–water partition coefficient (Wildman–Crippen LogP) is 1.87. The van der Waals surface area contributed by atoms with Crippen LogP contribution in [-0.4, -0.2) is 17.5 Å². The van der Waals surface area contributed by atoms with E-state index in [0.29, 0.717) is 5.75 Å². The van der Waals surface area contributed by atoms with Gasteiger partial charge in [0.1, 0.15) is 17.3 Å². The van der Waals surface area contributed by atoms with Gasteiger partial charge in [-0.15, -0.1) is 0 Å². The van der Waals surface area contributed by atoms with Gasteiger partial charge in [-0.25, -0.2) is 0 Å². The maximum Gasteiger partial charge on any atom is 0.311 e. The van der Waals surface area contributed by atoms with Crippen molar-refractivity contribution in [3.63, 3.8) is 0 Å². The molecular weight excluding hydrogens is 232 g/mol. The first-order chi connectivity index (χ1) is 8.50. The molecule has 4 heteroatoms. The molecule has 0 N–H and O–H groups in total. The molecule has 0 aliphatic carbocycles. The van der Waals surface area contributed by atoms with Crippen LogP contribution in [-0.2, 0) is 14.4 Å². The Morgan fingerprint density at radius 3 is 2.44 bits per heavy atom. The summed E-state index contributed by atoms with van der Waals surface area (Å²) in [6.45, 7) is 2.77. The monoisotopic (exact) mass is 246 g/mol. The number of hydrogen-bond acceptors (Lipinski definition) is 4. The van der Waals surface area contributed by atoms with Crippen molar-refractivity contribution in [1.29, 1.82) is 0 Å². The summed E-state index contributed by atoms with van der Waals surface area (Å²) < 4.78 is 5.11.